The van der Waals surface area contributed by atoms with E-state index in [1.54, 1.807) is 0 Å². The monoisotopic (exact) mass is 675 g/mol. The van der Waals surface area contributed by atoms with Crippen LogP contribution in [0.4, 0.5) is 17.1 Å². The standard InChI is InChI=1S/C52H37N/c1-4-17-38(18-5-1)39-31-33-43(34-32-39)48-27-13-15-30-51(48)53(50-29-14-12-26-47(50)41-19-6-2-7-20-41)52-37-44(35-36-49(52)42-21-8-3-9-22-42)46-28-16-24-40-23-10-11-25-45(40)46/h1-37H. The quantitative estimate of drug-likeness (QED) is 0.155. The first kappa shape index (κ1) is 32.0. The fourth-order valence-electron chi connectivity index (χ4n) is 7.53. The van der Waals surface area contributed by atoms with Crippen LogP contribution in [0.1, 0.15) is 0 Å². The second kappa shape index (κ2) is 14.3. The van der Waals surface area contributed by atoms with Crippen LogP contribution in [0.3, 0.4) is 0 Å². The predicted molar refractivity (Wildman–Crippen MR) is 226 cm³/mol. The molecule has 0 atom stereocenters. The van der Waals surface area contributed by atoms with Crippen LogP contribution in [-0.2, 0) is 0 Å². The molecule has 0 amide bonds. The number of anilines is 3. The zero-order valence-electron chi connectivity index (χ0n) is 29.3. The summed E-state index contributed by atoms with van der Waals surface area (Å²) in [5, 5.41) is 2.47. The molecule has 0 N–H and O–H groups in total. The van der Waals surface area contributed by atoms with Crippen molar-refractivity contribution in [2.24, 2.45) is 0 Å². The number of fused-ring (bicyclic) bond motifs is 1. The maximum Gasteiger partial charge on any atom is 0.0546 e. The van der Waals surface area contributed by atoms with Crippen molar-refractivity contribution in [3.63, 3.8) is 0 Å². The first-order valence-corrected chi connectivity index (χ1v) is 18.2. The van der Waals surface area contributed by atoms with E-state index in [1.807, 2.05) is 0 Å². The van der Waals surface area contributed by atoms with Gasteiger partial charge in [-0.25, -0.2) is 0 Å². The molecular weight excluding hydrogens is 639 g/mol. The summed E-state index contributed by atoms with van der Waals surface area (Å²) in [5.41, 5.74) is 15.1. The average molecular weight is 676 g/mol. The number of rotatable bonds is 8. The van der Waals surface area contributed by atoms with Crippen molar-refractivity contribution in [1.29, 1.82) is 0 Å². The first-order valence-electron chi connectivity index (χ1n) is 18.2. The molecule has 0 saturated heterocycles. The summed E-state index contributed by atoms with van der Waals surface area (Å²) in [6.07, 6.45) is 0. The molecule has 0 aliphatic heterocycles. The van der Waals surface area contributed by atoms with Gasteiger partial charge in [-0.15, -0.1) is 0 Å². The summed E-state index contributed by atoms with van der Waals surface area (Å²) in [6.45, 7) is 0. The van der Waals surface area contributed by atoms with Crippen molar-refractivity contribution in [2.75, 3.05) is 4.90 Å². The van der Waals surface area contributed by atoms with Gasteiger partial charge in [0.15, 0.2) is 0 Å². The second-order valence-corrected chi connectivity index (χ2v) is 13.3. The van der Waals surface area contributed by atoms with Gasteiger partial charge < -0.3 is 4.90 Å². The van der Waals surface area contributed by atoms with E-state index in [0.717, 1.165) is 39.3 Å². The summed E-state index contributed by atoms with van der Waals surface area (Å²) in [7, 11) is 0. The van der Waals surface area contributed by atoms with E-state index in [0.29, 0.717) is 0 Å². The van der Waals surface area contributed by atoms with Gasteiger partial charge >= 0.3 is 0 Å². The van der Waals surface area contributed by atoms with E-state index in [9.17, 15) is 0 Å². The minimum Gasteiger partial charge on any atom is -0.309 e. The number of para-hydroxylation sites is 2. The lowest BCUT2D eigenvalue weighted by molar-refractivity contribution is 1.28. The minimum absolute atomic E-state index is 1.11. The Kier molecular flexibility index (Phi) is 8.66. The lowest BCUT2D eigenvalue weighted by Crippen LogP contribution is -2.14. The van der Waals surface area contributed by atoms with Gasteiger partial charge in [0, 0.05) is 16.7 Å². The summed E-state index contributed by atoms with van der Waals surface area (Å²) < 4.78 is 0. The van der Waals surface area contributed by atoms with Crippen molar-refractivity contribution in [3.05, 3.63) is 224 Å². The molecule has 0 fully saturated rings. The molecule has 9 aromatic rings. The van der Waals surface area contributed by atoms with Crippen molar-refractivity contribution in [3.8, 4) is 55.6 Å². The van der Waals surface area contributed by atoms with E-state index in [1.165, 1.54) is 44.2 Å². The highest BCUT2D eigenvalue weighted by atomic mass is 15.1. The Morgan fingerprint density at radius 2 is 0.623 bits per heavy atom. The third-order valence-electron chi connectivity index (χ3n) is 10.1. The zero-order valence-corrected chi connectivity index (χ0v) is 29.3. The van der Waals surface area contributed by atoms with Crippen LogP contribution < -0.4 is 4.90 Å². The van der Waals surface area contributed by atoms with E-state index < -0.39 is 0 Å². The molecular formula is C52H37N. The highest BCUT2D eigenvalue weighted by Gasteiger charge is 2.24. The number of hydrogen-bond donors (Lipinski definition) is 0. The summed E-state index contributed by atoms with van der Waals surface area (Å²) in [4.78, 5) is 2.49. The average Bonchev–Trinajstić information content (AvgIpc) is 3.25. The van der Waals surface area contributed by atoms with Gasteiger partial charge in [-0.05, 0) is 67.9 Å². The van der Waals surface area contributed by atoms with Gasteiger partial charge in [0.05, 0.1) is 17.1 Å². The van der Waals surface area contributed by atoms with Crippen molar-refractivity contribution in [1.82, 2.24) is 0 Å². The van der Waals surface area contributed by atoms with Crippen LogP contribution in [0.5, 0.6) is 0 Å². The molecule has 9 aromatic carbocycles. The Morgan fingerprint density at radius 1 is 0.226 bits per heavy atom. The molecule has 1 nitrogen and oxygen atoms in total. The predicted octanol–water partition coefficient (Wildman–Crippen LogP) is 14.6. The molecule has 0 spiro atoms. The fourth-order valence-corrected chi connectivity index (χ4v) is 7.53. The van der Waals surface area contributed by atoms with E-state index >= 15 is 0 Å². The summed E-state index contributed by atoms with van der Waals surface area (Å²) >= 11 is 0. The normalized spacial score (nSPS) is 11.0. The molecule has 53 heavy (non-hydrogen) atoms. The summed E-state index contributed by atoms with van der Waals surface area (Å²) in [6, 6.07) is 80.9. The third kappa shape index (κ3) is 6.30. The van der Waals surface area contributed by atoms with Crippen LogP contribution in [-0.4, -0.2) is 0 Å². The smallest absolute Gasteiger partial charge is 0.0546 e. The molecule has 0 heterocycles. The molecule has 250 valence electrons. The molecule has 0 unspecified atom stereocenters. The molecule has 0 bridgehead atoms. The van der Waals surface area contributed by atoms with Crippen molar-refractivity contribution in [2.45, 2.75) is 0 Å². The Morgan fingerprint density at radius 3 is 1.25 bits per heavy atom. The lowest BCUT2D eigenvalue weighted by Gasteiger charge is -2.32. The largest absolute Gasteiger partial charge is 0.309 e. The van der Waals surface area contributed by atoms with Gasteiger partial charge in [0.2, 0.25) is 0 Å². The molecule has 9 rings (SSSR count). The first-order chi connectivity index (χ1) is 26.3. The molecule has 0 aromatic heterocycles. The van der Waals surface area contributed by atoms with Gasteiger partial charge in [-0.2, -0.15) is 0 Å². The maximum atomic E-state index is 2.49. The maximum absolute atomic E-state index is 2.49. The van der Waals surface area contributed by atoms with Crippen molar-refractivity contribution >= 4 is 27.8 Å². The van der Waals surface area contributed by atoms with Gasteiger partial charge in [-0.3, -0.25) is 0 Å². The topological polar surface area (TPSA) is 3.24 Å². The van der Waals surface area contributed by atoms with Gasteiger partial charge in [0.1, 0.15) is 0 Å². The molecule has 0 radical (unpaired) electrons. The minimum atomic E-state index is 1.11. The van der Waals surface area contributed by atoms with Crippen molar-refractivity contribution < 1.29 is 0 Å². The number of nitrogens with zero attached hydrogens (tertiary/aromatic N) is 1. The van der Waals surface area contributed by atoms with E-state index in [-0.39, 0.29) is 0 Å². The Labute approximate surface area is 311 Å². The lowest BCUT2D eigenvalue weighted by atomic mass is 9.92. The molecule has 0 saturated carbocycles. The number of benzene rings is 9. The number of hydrogen-bond acceptors (Lipinski definition) is 1. The molecule has 0 aliphatic carbocycles. The van der Waals surface area contributed by atoms with Crippen LogP contribution in [0.15, 0.2) is 224 Å². The third-order valence-corrected chi connectivity index (χ3v) is 10.1. The van der Waals surface area contributed by atoms with Gasteiger partial charge in [0.25, 0.3) is 0 Å². The molecule has 1 heteroatoms. The zero-order chi connectivity index (χ0) is 35.4. The van der Waals surface area contributed by atoms with E-state index in [4.69, 9.17) is 0 Å². The Hall–Kier alpha value is -6.96. The van der Waals surface area contributed by atoms with Crippen LogP contribution in [0.2, 0.25) is 0 Å². The highest BCUT2D eigenvalue weighted by Crippen LogP contribution is 2.49. The van der Waals surface area contributed by atoms with Crippen LogP contribution in [0, 0.1) is 0 Å². The van der Waals surface area contributed by atoms with Gasteiger partial charge in [-0.1, -0.05) is 206 Å². The fraction of sp³-hybridized carbons (Fsp3) is 0. The van der Waals surface area contributed by atoms with Crippen LogP contribution >= 0.6 is 0 Å². The highest BCUT2D eigenvalue weighted by molar-refractivity contribution is 6.01. The van der Waals surface area contributed by atoms with Crippen LogP contribution in [0.25, 0.3) is 66.4 Å². The molecule has 0 aliphatic rings. The van der Waals surface area contributed by atoms with E-state index in [2.05, 4.69) is 229 Å². The summed E-state index contributed by atoms with van der Waals surface area (Å²) in [5.74, 6) is 0. The second-order valence-electron chi connectivity index (χ2n) is 13.3. The Bertz CT molecular complexity index is 2640. The SMILES string of the molecule is c1ccc(-c2ccc(-c3ccccc3N(c3ccccc3-c3ccccc3)c3cc(-c4cccc5ccccc45)ccc3-c3ccccc3)cc2)cc1. The Balaban J connectivity index is 1.32.